The number of nitrogens with zero attached hydrogens (tertiary/aromatic N) is 2. The van der Waals surface area contributed by atoms with E-state index in [-0.39, 0.29) is 23.6 Å². The maximum absolute atomic E-state index is 12.9. The van der Waals surface area contributed by atoms with Crippen molar-refractivity contribution >= 4 is 39.1 Å². The highest BCUT2D eigenvalue weighted by Crippen LogP contribution is 2.31. The fourth-order valence-electron chi connectivity index (χ4n) is 2.58. The van der Waals surface area contributed by atoms with Gasteiger partial charge in [0.05, 0.1) is 11.7 Å². The number of thiophene rings is 1. The van der Waals surface area contributed by atoms with Crippen molar-refractivity contribution in [2.75, 3.05) is 0 Å². The number of aromatic nitrogens is 2. The standard InChI is InChI=1S/C19H20ClN3O2S/c1-4-19(2,3)22-15(24)9-23-11-21-17-16(18(23)25)14(10-26-17)12-5-7-13(20)8-6-12/h5-8,10-11H,4,9H2,1-3H3,(H,22,24). The summed E-state index contributed by atoms with van der Waals surface area (Å²) in [5, 5.41) is 6.02. The third kappa shape index (κ3) is 3.81. The minimum absolute atomic E-state index is 0.0545. The van der Waals surface area contributed by atoms with Crippen molar-refractivity contribution in [2.45, 2.75) is 39.3 Å². The Morgan fingerprint density at radius 1 is 1.31 bits per heavy atom. The summed E-state index contributed by atoms with van der Waals surface area (Å²) in [6, 6.07) is 7.32. The van der Waals surface area contributed by atoms with Crippen LogP contribution >= 0.6 is 22.9 Å². The summed E-state index contributed by atoms with van der Waals surface area (Å²) in [6.45, 7) is 5.85. The van der Waals surface area contributed by atoms with E-state index in [0.29, 0.717) is 15.2 Å². The zero-order valence-electron chi connectivity index (χ0n) is 14.9. The zero-order valence-corrected chi connectivity index (χ0v) is 16.4. The van der Waals surface area contributed by atoms with Gasteiger partial charge in [-0.15, -0.1) is 11.3 Å². The van der Waals surface area contributed by atoms with Gasteiger partial charge in [-0.25, -0.2) is 4.98 Å². The molecule has 1 N–H and O–H groups in total. The molecule has 136 valence electrons. The lowest BCUT2D eigenvalue weighted by Gasteiger charge is -2.24. The van der Waals surface area contributed by atoms with Crippen LogP contribution in [-0.4, -0.2) is 21.0 Å². The van der Waals surface area contributed by atoms with Gasteiger partial charge < -0.3 is 5.32 Å². The third-order valence-electron chi connectivity index (χ3n) is 4.39. The third-order valence-corrected chi connectivity index (χ3v) is 5.53. The van der Waals surface area contributed by atoms with Gasteiger partial charge in [0.1, 0.15) is 11.4 Å². The second kappa shape index (κ2) is 7.21. The number of fused-ring (bicyclic) bond motifs is 1. The van der Waals surface area contributed by atoms with Gasteiger partial charge in [-0.1, -0.05) is 30.7 Å². The van der Waals surface area contributed by atoms with Crippen molar-refractivity contribution in [2.24, 2.45) is 0 Å². The Morgan fingerprint density at radius 3 is 2.65 bits per heavy atom. The van der Waals surface area contributed by atoms with Crippen LogP contribution in [0.3, 0.4) is 0 Å². The molecule has 1 amide bonds. The molecule has 2 heterocycles. The summed E-state index contributed by atoms with van der Waals surface area (Å²) in [7, 11) is 0. The van der Waals surface area contributed by atoms with Gasteiger partial charge in [0, 0.05) is 21.5 Å². The Hall–Kier alpha value is -2.18. The Morgan fingerprint density at radius 2 is 2.00 bits per heavy atom. The number of benzene rings is 1. The number of hydrogen-bond donors (Lipinski definition) is 1. The Labute approximate surface area is 160 Å². The van der Waals surface area contributed by atoms with Crippen LogP contribution in [0.15, 0.2) is 40.8 Å². The van der Waals surface area contributed by atoms with E-state index in [0.717, 1.165) is 17.5 Å². The summed E-state index contributed by atoms with van der Waals surface area (Å²) in [6.07, 6.45) is 2.24. The lowest BCUT2D eigenvalue weighted by molar-refractivity contribution is -0.123. The molecule has 0 aliphatic rings. The van der Waals surface area contributed by atoms with E-state index in [1.54, 1.807) is 12.1 Å². The molecule has 0 aliphatic heterocycles. The molecule has 0 saturated heterocycles. The zero-order chi connectivity index (χ0) is 18.9. The van der Waals surface area contributed by atoms with E-state index in [1.165, 1.54) is 22.2 Å². The quantitative estimate of drug-likeness (QED) is 0.715. The number of carbonyl (C=O) groups is 1. The molecule has 0 spiro atoms. The maximum Gasteiger partial charge on any atom is 0.263 e. The highest BCUT2D eigenvalue weighted by atomic mass is 35.5. The van der Waals surface area contributed by atoms with Crippen molar-refractivity contribution in [3.63, 3.8) is 0 Å². The molecule has 0 unspecified atom stereocenters. The monoisotopic (exact) mass is 389 g/mol. The Kier molecular flexibility index (Phi) is 5.16. The average molecular weight is 390 g/mol. The van der Waals surface area contributed by atoms with Gasteiger partial charge in [0.25, 0.3) is 5.56 Å². The number of halogens is 1. The highest BCUT2D eigenvalue weighted by Gasteiger charge is 2.19. The Bertz CT molecular complexity index is 1010. The lowest BCUT2D eigenvalue weighted by Crippen LogP contribution is -2.45. The topological polar surface area (TPSA) is 64.0 Å². The SMILES string of the molecule is CCC(C)(C)NC(=O)Cn1cnc2scc(-c3ccc(Cl)cc3)c2c1=O. The van der Waals surface area contributed by atoms with Crippen LogP contribution in [0, 0.1) is 0 Å². The smallest absolute Gasteiger partial charge is 0.263 e. The lowest BCUT2D eigenvalue weighted by atomic mass is 10.0. The van der Waals surface area contributed by atoms with Crippen LogP contribution in [-0.2, 0) is 11.3 Å². The van der Waals surface area contributed by atoms with Crippen molar-refractivity contribution in [3.05, 3.63) is 51.3 Å². The van der Waals surface area contributed by atoms with Crippen LogP contribution in [0.5, 0.6) is 0 Å². The molecule has 3 aromatic rings. The minimum atomic E-state index is -0.310. The van der Waals surface area contributed by atoms with E-state index < -0.39 is 0 Å². The molecule has 0 fully saturated rings. The maximum atomic E-state index is 12.9. The summed E-state index contributed by atoms with van der Waals surface area (Å²) in [4.78, 5) is 30.2. The highest BCUT2D eigenvalue weighted by molar-refractivity contribution is 7.17. The van der Waals surface area contributed by atoms with E-state index in [2.05, 4.69) is 10.3 Å². The van der Waals surface area contributed by atoms with Crippen molar-refractivity contribution < 1.29 is 4.79 Å². The fourth-order valence-corrected chi connectivity index (χ4v) is 3.61. The van der Waals surface area contributed by atoms with Gasteiger partial charge in [-0.05, 0) is 38.0 Å². The van der Waals surface area contributed by atoms with Crippen LogP contribution in [0.4, 0.5) is 0 Å². The summed E-state index contributed by atoms with van der Waals surface area (Å²) in [5.74, 6) is -0.205. The van der Waals surface area contributed by atoms with Crippen LogP contribution in [0.1, 0.15) is 27.2 Å². The van der Waals surface area contributed by atoms with Crippen molar-refractivity contribution in [1.29, 1.82) is 0 Å². The summed E-state index contributed by atoms with van der Waals surface area (Å²) in [5.41, 5.74) is 1.18. The normalized spacial score (nSPS) is 11.7. The second-order valence-corrected chi connectivity index (χ2v) is 8.09. The van der Waals surface area contributed by atoms with Crippen LogP contribution < -0.4 is 10.9 Å². The largest absolute Gasteiger partial charge is 0.350 e. The van der Waals surface area contributed by atoms with E-state index >= 15 is 0 Å². The van der Waals surface area contributed by atoms with E-state index in [9.17, 15) is 9.59 Å². The first-order valence-electron chi connectivity index (χ1n) is 8.34. The molecule has 5 nitrogen and oxygen atoms in total. The Balaban J connectivity index is 1.98. The van der Waals surface area contributed by atoms with Gasteiger partial charge in [-0.3, -0.25) is 14.2 Å². The molecular weight excluding hydrogens is 370 g/mol. The summed E-state index contributed by atoms with van der Waals surface area (Å²) >= 11 is 7.36. The molecule has 3 rings (SSSR count). The van der Waals surface area contributed by atoms with Gasteiger partial charge in [-0.2, -0.15) is 0 Å². The number of rotatable bonds is 5. The number of carbonyl (C=O) groups excluding carboxylic acids is 1. The minimum Gasteiger partial charge on any atom is -0.350 e. The molecule has 7 heteroatoms. The predicted octanol–water partition coefficient (Wildman–Crippen LogP) is 4.08. The molecule has 0 saturated carbocycles. The number of amides is 1. The van der Waals surface area contributed by atoms with Crippen molar-refractivity contribution in [1.82, 2.24) is 14.9 Å². The number of nitrogens with one attached hydrogen (secondary N) is 1. The fraction of sp³-hybridized carbons (Fsp3) is 0.316. The van der Waals surface area contributed by atoms with Crippen LogP contribution in [0.2, 0.25) is 5.02 Å². The van der Waals surface area contributed by atoms with E-state index in [4.69, 9.17) is 11.6 Å². The molecule has 2 aromatic heterocycles. The first-order valence-corrected chi connectivity index (χ1v) is 9.60. The molecule has 0 bridgehead atoms. The average Bonchev–Trinajstić information content (AvgIpc) is 3.02. The van der Waals surface area contributed by atoms with E-state index in [1.807, 2.05) is 38.3 Å². The van der Waals surface area contributed by atoms with Crippen LogP contribution in [0.25, 0.3) is 21.3 Å². The molecule has 26 heavy (non-hydrogen) atoms. The molecular formula is C19H20ClN3O2S. The molecule has 1 aromatic carbocycles. The van der Waals surface area contributed by atoms with Crippen molar-refractivity contribution in [3.8, 4) is 11.1 Å². The molecule has 0 aliphatic carbocycles. The summed E-state index contributed by atoms with van der Waals surface area (Å²) < 4.78 is 1.36. The molecule has 0 atom stereocenters. The van der Waals surface area contributed by atoms with Gasteiger partial charge in [0.15, 0.2) is 0 Å². The molecule has 0 radical (unpaired) electrons. The first kappa shape index (κ1) is 18.6. The van der Waals surface area contributed by atoms with Gasteiger partial charge in [0.2, 0.25) is 5.91 Å². The van der Waals surface area contributed by atoms with Gasteiger partial charge >= 0.3 is 0 Å². The predicted molar refractivity (Wildman–Crippen MR) is 107 cm³/mol. The second-order valence-electron chi connectivity index (χ2n) is 6.80. The first-order chi connectivity index (χ1) is 12.3. The number of hydrogen-bond acceptors (Lipinski definition) is 4.